The van der Waals surface area contributed by atoms with Crippen LogP contribution >= 0.6 is 0 Å². The first kappa shape index (κ1) is 18.4. The number of rotatable bonds is 5. The van der Waals surface area contributed by atoms with E-state index in [-0.39, 0.29) is 17.7 Å². The third-order valence-corrected chi connectivity index (χ3v) is 5.15. The second kappa shape index (κ2) is 7.94. The average molecular weight is 377 g/mol. The lowest BCUT2D eigenvalue weighted by molar-refractivity contribution is 0.0775. The van der Waals surface area contributed by atoms with Gasteiger partial charge in [0.15, 0.2) is 0 Å². The van der Waals surface area contributed by atoms with Crippen molar-refractivity contribution >= 4 is 5.91 Å². The topological polar surface area (TPSA) is 68.5 Å². The summed E-state index contributed by atoms with van der Waals surface area (Å²) >= 11 is 0. The van der Waals surface area contributed by atoms with Crippen molar-refractivity contribution in [2.24, 2.45) is 5.92 Å². The molecule has 2 aromatic carbocycles. The van der Waals surface area contributed by atoms with E-state index < -0.39 is 0 Å². The maximum Gasteiger partial charge on any atom is 0.253 e. The Morgan fingerprint density at radius 3 is 2.71 bits per heavy atom. The van der Waals surface area contributed by atoms with Crippen LogP contribution in [0.4, 0.5) is 0 Å². The first-order chi connectivity index (χ1) is 13.7. The molecule has 0 aliphatic carbocycles. The number of carbonyl (C=O) groups is 1. The molecule has 1 amide bonds. The fourth-order valence-electron chi connectivity index (χ4n) is 3.74. The summed E-state index contributed by atoms with van der Waals surface area (Å²) in [5.74, 6) is 1.15. The Balaban J connectivity index is 1.56. The van der Waals surface area contributed by atoms with Gasteiger partial charge in [0.25, 0.3) is 5.91 Å². The molecule has 2 atom stereocenters. The van der Waals surface area contributed by atoms with Gasteiger partial charge >= 0.3 is 0 Å². The van der Waals surface area contributed by atoms with E-state index in [0.29, 0.717) is 37.0 Å². The number of carbonyl (C=O) groups excluding carboxylic acids is 1. The number of methoxy groups -OCH3 is 1. The SMILES string of the molecule is COC[C@@H]1CN(C(=O)c2cccc(C)c2)C[C@H]1c1nnc(-c2ccccc2)o1. The van der Waals surface area contributed by atoms with Crippen molar-refractivity contribution in [1.29, 1.82) is 0 Å². The van der Waals surface area contributed by atoms with Gasteiger partial charge in [0.1, 0.15) is 0 Å². The zero-order valence-corrected chi connectivity index (χ0v) is 16.0. The number of aromatic nitrogens is 2. The maximum absolute atomic E-state index is 13.0. The fraction of sp³-hybridized carbons (Fsp3) is 0.318. The molecular formula is C22H23N3O3. The minimum Gasteiger partial charge on any atom is -0.420 e. The summed E-state index contributed by atoms with van der Waals surface area (Å²) in [5, 5.41) is 8.48. The Bertz CT molecular complexity index is 954. The van der Waals surface area contributed by atoms with Gasteiger partial charge in [-0.2, -0.15) is 0 Å². The zero-order valence-electron chi connectivity index (χ0n) is 16.0. The zero-order chi connectivity index (χ0) is 19.5. The Morgan fingerprint density at radius 2 is 1.96 bits per heavy atom. The highest BCUT2D eigenvalue weighted by Crippen LogP contribution is 2.34. The molecule has 2 heterocycles. The number of hydrogen-bond acceptors (Lipinski definition) is 5. The molecule has 28 heavy (non-hydrogen) atoms. The molecule has 6 nitrogen and oxygen atoms in total. The van der Waals surface area contributed by atoms with Crippen LogP contribution in [0.1, 0.15) is 27.7 Å². The average Bonchev–Trinajstić information content (AvgIpc) is 3.36. The van der Waals surface area contributed by atoms with Crippen molar-refractivity contribution in [1.82, 2.24) is 15.1 Å². The van der Waals surface area contributed by atoms with Crippen molar-refractivity contribution in [2.45, 2.75) is 12.8 Å². The Hall–Kier alpha value is -2.99. The van der Waals surface area contributed by atoms with Crippen molar-refractivity contribution in [3.8, 4) is 11.5 Å². The molecule has 1 aromatic heterocycles. The predicted molar refractivity (Wildman–Crippen MR) is 105 cm³/mol. The number of likely N-dealkylation sites (tertiary alicyclic amines) is 1. The standard InChI is InChI=1S/C22H23N3O3/c1-15-7-6-10-17(11-15)22(26)25-12-18(14-27-2)19(13-25)21-24-23-20(28-21)16-8-4-3-5-9-16/h3-11,18-19H,12-14H2,1-2H3/t18-,19+/m0/s1. The van der Waals surface area contributed by atoms with Crippen molar-refractivity contribution in [3.05, 3.63) is 71.6 Å². The van der Waals surface area contributed by atoms with Gasteiger partial charge in [0, 0.05) is 37.2 Å². The van der Waals surface area contributed by atoms with Crippen LogP contribution < -0.4 is 0 Å². The van der Waals surface area contributed by atoms with Crippen molar-refractivity contribution in [2.75, 3.05) is 26.8 Å². The second-order valence-corrected chi connectivity index (χ2v) is 7.21. The van der Waals surface area contributed by atoms with Gasteiger partial charge in [0.05, 0.1) is 12.5 Å². The molecule has 3 aromatic rings. The monoisotopic (exact) mass is 377 g/mol. The summed E-state index contributed by atoms with van der Waals surface area (Å²) in [6.45, 7) is 3.66. The fourth-order valence-corrected chi connectivity index (χ4v) is 3.74. The van der Waals surface area contributed by atoms with Crippen LogP contribution in [0.15, 0.2) is 59.0 Å². The van der Waals surface area contributed by atoms with Crippen LogP contribution in [-0.4, -0.2) is 47.8 Å². The molecule has 0 radical (unpaired) electrons. The summed E-state index contributed by atoms with van der Waals surface area (Å²) in [7, 11) is 1.67. The first-order valence-electron chi connectivity index (χ1n) is 9.39. The molecule has 144 valence electrons. The maximum atomic E-state index is 13.0. The van der Waals surface area contributed by atoms with Crippen LogP contribution in [0.25, 0.3) is 11.5 Å². The van der Waals surface area contributed by atoms with E-state index in [2.05, 4.69) is 10.2 Å². The van der Waals surface area contributed by atoms with Crippen LogP contribution in [-0.2, 0) is 4.74 Å². The quantitative estimate of drug-likeness (QED) is 0.680. The minimum absolute atomic E-state index is 0.0232. The molecule has 0 N–H and O–H groups in total. The Morgan fingerprint density at radius 1 is 1.14 bits per heavy atom. The lowest BCUT2D eigenvalue weighted by Gasteiger charge is -2.16. The Kier molecular flexibility index (Phi) is 5.21. The molecule has 1 aliphatic heterocycles. The highest BCUT2D eigenvalue weighted by atomic mass is 16.5. The van der Waals surface area contributed by atoms with Gasteiger partial charge in [0.2, 0.25) is 11.8 Å². The third kappa shape index (κ3) is 3.68. The van der Waals surface area contributed by atoms with Gasteiger partial charge in [-0.05, 0) is 31.2 Å². The van der Waals surface area contributed by atoms with Crippen LogP contribution in [0.2, 0.25) is 0 Å². The Labute approximate surface area is 164 Å². The number of ether oxygens (including phenoxy) is 1. The van der Waals surface area contributed by atoms with Crippen LogP contribution in [0.3, 0.4) is 0 Å². The third-order valence-electron chi connectivity index (χ3n) is 5.15. The van der Waals surface area contributed by atoms with E-state index in [9.17, 15) is 4.79 Å². The van der Waals surface area contributed by atoms with Gasteiger partial charge in [-0.3, -0.25) is 4.79 Å². The first-order valence-corrected chi connectivity index (χ1v) is 9.39. The van der Waals surface area contributed by atoms with Crippen molar-refractivity contribution < 1.29 is 13.9 Å². The molecule has 1 fully saturated rings. The molecular weight excluding hydrogens is 354 g/mol. The molecule has 1 saturated heterocycles. The van der Waals surface area contributed by atoms with Crippen LogP contribution in [0.5, 0.6) is 0 Å². The molecule has 0 bridgehead atoms. The predicted octanol–water partition coefficient (Wildman–Crippen LogP) is 3.55. The normalized spacial score (nSPS) is 19.1. The summed E-state index contributed by atoms with van der Waals surface area (Å²) in [6.07, 6.45) is 0. The van der Waals surface area contributed by atoms with Gasteiger partial charge in [-0.1, -0.05) is 35.9 Å². The molecule has 1 aliphatic rings. The molecule has 0 spiro atoms. The van der Waals surface area contributed by atoms with E-state index in [1.807, 2.05) is 66.4 Å². The molecule has 6 heteroatoms. The molecule has 0 unspecified atom stereocenters. The largest absolute Gasteiger partial charge is 0.420 e. The van der Waals surface area contributed by atoms with Crippen LogP contribution in [0, 0.1) is 12.8 Å². The van der Waals surface area contributed by atoms with E-state index in [4.69, 9.17) is 9.15 Å². The van der Waals surface area contributed by atoms with E-state index >= 15 is 0 Å². The number of nitrogens with zero attached hydrogens (tertiary/aromatic N) is 3. The number of hydrogen-bond donors (Lipinski definition) is 0. The number of aryl methyl sites for hydroxylation is 1. The summed E-state index contributed by atoms with van der Waals surface area (Å²) < 4.78 is 11.4. The van der Waals surface area contributed by atoms with E-state index in [1.165, 1.54) is 0 Å². The summed E-state index contributed by atoms with van der Waals surface area (Å²) in [6, 6.07) is 17.4. The molecule has 4 rings (SSSR count). The summed E-state index contributed by atoms with van der Waals surface area (Å²) in [4.78, 5) is 14.8. The highest BCUT2D eigenvalue weighted by molar-refractivity contribution is 5.94. The number of benzene rings is 2. The van der Waals surface area contributed by atoms with Gasteiger partial charge in [-0.15, -0.1) is 10.2 Å². The van der Waals surface area contributed by atoms with Gasteiger partial charge < -0.3 is 14.1 Å². The minimum atomic E-state index is -0.0429. The van der Waals surface area contributed by atoms with E-state index in [0.717, 1.165) is 11.1 Å². The smallest absolute Gasteiger partial charge is 0.253 e. The lowest BCUT2D eigenvalue weighted by Crippen LogP contribution is -2.29. The highest BCUT2D eigenvalue weighted by Gasteiger charge is 2.39. The van der Waals surface area contributed by atoms with Crippen molar-refractivity contribution in [3.63, 3.8) is 0 Å². The van der Waals surface area contributed by atoms with E-state index in [1.54, 1.807) is 7.11 Å². The summed E-state index contributed by atoms with van der Waals surface area (Å²) in [5.41, 5.74) is 2.65. The molecule has 0 saturated carbocycles. The van der Waals surface area contributed by atoms with Gasteiger partial charge in [-0.25, -0.2) is 0 Å². The second-order valence-electron chi connectivity index (χ2n) is 7.21. The number of amides is 1. The lowest BCUT2D eigenvalue weighted by atomic mass is 9.97.